The number of hydrogen-bond donors (Lipinski definition) is 0. The fourth-order valence-electron chi connectivity index (χ4n) is 1.32. The summed E-state index contributed by atoms with van der Waals surface area (Å²) in [5, 5.41) is 9.08. The molecule has 0 amide bonds. The number of aromatic nitrogens is 4. The van der Waals surface area contributed by atoms with E-state index in [1.807, 2.05) is 13.1 Å². The molecule has 2 aromatic rings. The molecule has 0 atom stereocenters. The van der Waals surface area contributed by atoms with Gasteiger partial charge in [0.15, 0.2) is 5.82 Å². The van der Waals surface area contributed by atoms with Crippen molar-refractivity contribution in [3.8, 4) is 10.7 Å². The van der Waals surface area contributed by atoms with Crippen molar-refractivity contribution >= 4 is 11.3 Å². The quantitative estimate of drug-likeness (QED) is 0.776. The molecule has 74 valence electrons. The first-order chi connectivity index (χ1) is 6.81. The standard InChI is InChI=1S/C9H12N4S/c1-3-4-13-6-11-12-9(13)8-5-10-7(2)14-8/h5-6H,3-4H2,1-2H3. The maximum absolute atomic E-state index is 4.21. The number of nitrogens with zero attached hydrogens (tertiary/aromatic N) is 4. The highest BCUT2D eigenvalue weighted by molar-refractivity contribution is 7.14. The van der Waals surface area contributed by atoms with Crippen molar-refractivity contribution in [2.45, 2.75) is 26.8 Å². The Morgan fingerprint density at radius 1 is 1.50 bits per heavy atom. The van der Waals surface area contributed by atoms with Crippen LogP contribution in [0, 0.1) is 6.92 Å². The van der Waals surface area contributed by atoms with Crippen LogP contribution in [0.1, 0.15) is 18.4 Å². The number of aryl methyl sites for hydroxylation is 2. The zero-order valence-corrected chi connectivity index (χ0v) is 9.08. The molecule has 0 aliphatic heterocycles. The molecule has 0 aliphatic rings. The maximum atomic E-state index is 4.21. The van der Waals surface area contributed by atoms with Gasteiger partial charge >= 0.3 is 0 Å². The fraction of sp³-hybridized carbons (Fsp3) is 0.444. The van der Waals surface area contributed by atoms with Crippen molar-refractivity contribution in [2.75, 3.05) is 0 Å². The lowest BCUT2D eigenvalue weighted by Gasteiger charge is -2.00. The van der Waals surface area contributed by atoms with Crippen LogP contribution in [0.5, 0.6) is 0 Å². The lowest BCUT2D eigenvalue weighted by molar-refractivity contribution is 0.683. The second kappa shape index (κ2) is 3.88. The zero-order valence-electron chi connectivity index (χ0n) is 8.27. The molecule has 2 heterocycles. The van der Waals surface area contributed by atoms with Crippen molar-refractivity contribution in [3.05, 3.63) is 17.5 Å². The summed E-state index contributed by atoms with van der Waals surface area (Å²) in [7, 11) is 0. The molecule has 0 radical (unpaired) electrons. The molecular formula is C9H12N4S. The first-order valence-corrected chi connectivity index (χ1v) is 5.43. The van der Waals surface area contributed by atoms with E-state index in [0.29, 0.717) is 0 Å². The van der Waals surface area contributed by atoms with Crippen LogP contribution in [-0.4, -0.2) is 19.7 Å². The van der Waals surface area contributed by atoms with Crippen LogP contribution in [0.25, 0.3) is 10.7 Å². The van der Waals surface area contributed by atoms with Gasteiger partial charge in [-0.3, -0.25) is 0 Å². The molecule has 0 aromatic carbocycles. The van der Waals surface area contributed by atoms with Crippen molar-refractivity contribution in [1.29, 1.82) is 0 Å². The highest BCUT2D eigenvalue weighted by Crippen LogP contribution is 2.23. The highest BCUT2D eigenvalue weighted by atomic mass is 32.1. The topological polar surface area (TPSA) is 43.6 Å². The van der Waals surface area contributed by atoms with Gasteiger partial charge in [0.1, 0.15) is 6.33 Å². The number of thiazole rings is 1. The molecule has 2 aromatic heterocycles. The molecule has 0 fully saturated rings. The summed E-state index contributed by atoms with van der Waals surface area (Å²) in [6.45, 7) is 5.09. The first-order valence-electron chi connectivity index (χ1n) is 4.62. The molecule has 0 aliphatic carbocycles. The minimum atomic E-state index is 0.928. The van der Waals surface area contributed by atoms with Crippen molar-refractivity contribution in [3.63, 3.8) is 0 Å². The molecule has 2 rings (SSSR count). The van der Waals surface area contributed by atoms with Crippen LogP contribution in [0.3, 0.4) is 0 Å². The van der Waals surface area contributed by atoms with E-state index >= 15 is 0 Å². The molecule has 0 saturated carbocycles. The molecule has 5 heteroatoms. The Labute approximate surface area is 86.6 Å². The minimum Gasteiger partial charge on any atom is -0.313 e. The Balaban J connectivity index is 2.36. The Morgan fingerprint density at radius 3 is 3.00 bits per heavy atom. The largest absolute Gasteiger partial charge is 0.313 e. The second-order valence-corrected chi connectivity index (χ2v) is 4.33. The lowest BCUT2D eigenvalue weighted by atomic mass is 10.4. The number of rotatable bonds is 3. The van der Waals surface area contributed by atoms with Crippen LogP contribution in [0.4, 0.5) is 0 Å². The van der Waals surface area contributed by atoms with E-state index in [9.17, 15) is 0 Å². The van der Waals surface area contributed by atoms with E-state index in [1.165, 1.54) is 0 Å². The van der Waals surface area contributed by atoms with Crippen LogP contribution < -0.4 is 0 Å². The summed E-state index contributed by atoms with van der Waals surface area (Å²) in [5.41, 5.74) is 0. The molecular weight excluding hydrogens is 196 g/mol. The summed E-state index contributed by atoms with van der Waals surface area (Å²) in [5.74, 6) is 0.928. The van der Waals surface area contributed by atoms with Gasteiger partial charge in [-0.05, 0) is 13.3 Å². The Kier molecular flexibility index (Phi) is 2.58. The van der Waals surface area contributed by atoms with Crippen molar-refractivity contribution in [1.82, 2.24) is 19.7 Å². The molecule has 0 N–H and O–H groups in total. The lowest BCUT2D eigenvalue weighted by Crippen LogP contribution is -1.96. The predicted octanol–water partition coefficient (Wildman–Crippen LogP) is 2.12. The minimum absolute atomic E-state index is 0.928. The van der Waals surface area contributed by atoms with Gasteiger partial charge in [-0.2, -0.15) is 0 Å². The first kappa shape index (κ1) is 9.33. The summed E-state index contributed by atoms with van der Waals surface area (Å²) < 4.78 is 2.06. The third kappa shape index (κ3) is 1.68. The average molecular weight is 208 g/mol. The third-order valence-electron chi connectivity index (χ3n) is 1.92. The summed E-state index contributed by atoms with van der Waals surface area (Å²) in [6.07, 6.45) is 4.72. The molecule has 0 saturated heterocycles. The fourth-order valence-corrected chi connectivity index (χ4v) is 2.09. The van der Waals surface area contributed by atoms with E-state index in [0.717, 1.165) is 28.7 Å². The van der Waals surface area contributed by atoms with Crippen LogP contribution in [0.15, 0.2) is 12.5 Å². The third-order valence-corrected chi connectivity index (χ3v) is 2.83. The molecule has 0 spiro atoms. The average Bonchev–Trinajstić information content (AvgIpc) is 2.74. The van der Waals surface area contributed by atoms with Gasteiger partial charge in [0.2, 0.25) is 0 Å². The van der Waals surface area contributed by atoms with Gasteiger partial charge in [0.05, 0.1) is 9.88 Å². The van der Waals surface area contributed by atoms with Crippen molar-refractivity contribution < 1.29 is 0 Å². The SMILES string of the molecule is CCCn1cnnc1-c1cnc(C)s1. The molecule has 0 bridgehead atoms. The van der Waals surface area contributed by atoms with Crippen LogP contribution in [-0.2, 0) is 6.54 Å². The summed E-state index contributed by atoms with van der Waals surface area (Å²) >= 11 is 1.65. The van der Waals surface area contributed by atoms with E-state index in [1.54, 1.807) is 17.7 Å². The van der Waals surface area contributed by atoms with Gasteiger partial charge in [-0.25, -0.2) is 4.98 Å². The van der Waals surface area contributed by atoms with Crippen LogP contribution >= 0.6 is 11.3 Å². The molecule has 0 unspecified atom stereocenters. The maximum Gasteiger partial charge on any atom is 0.175 e. The summed E-state index contributed by atoms with van der Waals surface area (Å²) in [6, 6.07) is 0. The van der Waals surface area contributed by atoms with Crippen molar-refractivity contribution in [2.24, 2.45) is 0 Å². The van der Waals surface area contributed by atoms with Gasteiger partial charge in [-0.15, -0.1) is 21.5 Å². The Morgan fingerprint density at radius 2 is 2.36 bits per heavy atom. The van der Waals surface area contributed by atoms with Gasteiger partial charge < -0.3 is 4.57 Å². The highest BCUT2D eigenvalue weighted by Gasteiger charge is 2.08. The van der Waals surface area contributed by atoms with E-state index < -0.39 is 0 Å². The predicted molar refractivity (Wildman–Crippen MR) is 56.2 cm³/mol. The Hall–Kier alpha value is -1.23. The molecule has 4 nitrogen and oxygen atoms in total. The van der Waals surface area contributed by atoms with Crippen LogP contribution in [0.2, 0.25) is 0 Å². The Bertz CT molecular complexity index is 418. The van der Waals surface area contributed by atoms with Gasteiger partial charge in [0.25, 0.3) is 0 Å². The van der Waals surface area contributed by atoms with E-state index in [2.05, 4.69) is 26.7 Å². The zero-order chi connectivity index (χ0) is 9.97. The van der Waals surface area contributed by atoms with E-state index in [-0.39, 0.29) is 0 Å². The smallest absolute Gasteiger partial charge is 0.175 e. The monoisotopic (exact) mass is 208 g/mol. The normalized spacial score (nSPS) is 10.7. The van der Waals surface area contributed by atoms with Gasteiger partial charge in [0, 0.05) is 12.7 Å². The summed E-state index contributed by atoms with van der Waals surface area (Å²) in [4.78, 5) is 5.30. The van der Waals surface area contributed by atoms with Gasteiger partial charge in [-0.1, -0.05) is 6.92 Å². The number of hydrogen-bond acceptors (Lipinski definition) is 4. The second-order valence-electron chi connectivity index (χ2n) is 3.09. The molecule has 14 heavy (non-hydrogen) atoms. The van der Waals surface area contributed by atoms with E-state index in [4.69, 9.17) is 0 Å².